The summed E-state index contributed by atoms with van der Waals surface area (Å²) < 4.78 is 26.7. The standard InChI is InChI=1S/C24H29N3O4S/c1-2-15-25-32(30,31)22-13-11-21(12-14-22)24(29)27-18-16-26(17-19-27)23(28)10-6-9-20-7-4-3-5-8-20/h2-5,7-8,11-14,25H,1,6,9-10,15-19H2. The van der Waals surface area contributed by atoms with Crippen molar-refractivity contribution in [1.82, 2.24) is 14.5 Å². The molecule has 0 saturated carbocycles. The van der Waals surface area contributed by atoms with Crippen molar-refractivity contribution >= 4 is 21.8 Å². The van der Waals surface area contributed by atoms with Crippen LogP contribution in [0.3, 0.4) is 0 Å². The average molecular weight is 456 g/mol. The molecule has 2 aromatic rings. The van der Waals surface area contributed by atoms with E-state index in [0.29, 0.717) is 38.2 Å². The fraction of sp³-hybridized carbons (Fsp3) is 0.333. The topological polar surface area (TPSA) is 86.8 Å². The summed E-state index contributed by atoms with van der Waals surface area (Å²) in [6, 6.07) is 16.0. The molecule has 3 rings (SSSR count). The number of hydrogen-bond acceptors (Lipinski definition) is 4. The molecule has 170 valence electrons. The smallest absolute Gasteiger partial charge is 0.253 e. The molecule has 0 radical (unpaired) electrons. The Morgan fingerprint density at radius 3 is 2.19 bits per heavy atom. The van der Waals surface area contributed by atoms with E-state index in [1.165, 1.54) is 35.9 Å². The normalized spacial score (nSPS) is 14.2. The second kappa shape index (κ2) is 11.1. The molecule has 2 amide bonds. The van der Waals surface area contributed by atoms with E-state index >= 15 is 0 Å². The van der Waals surface area contributed by atoms with Crippen molar-refractivity contribution in [3.8, 4) is 0 Å². The lowest BCUT2D eigenvalue weighted by Gasteiger charge is -2.35. The van der Waals surface area contributed by atoms with Crippen LogP contribution in [0.5, 0.6) is 0 Å². The number of nitrogens with one attached hydrogen (secondary N) is 1. The van der Waals surface area contributed by atoms with Crippen LogP contribution < -0.4 is 4.72 Å². The van der Waals surface area contributed by atoms with Gasteiger partial charge >= 0.3 is 0 Å². The molecule has 8 heteroatoms. The largest absolute Gasteiger partial charge is 0.339 e. The molecular formula is C24H29N3O4S. The minimum Gasteiger partial charge on any atom is -0.339 e. The zero-order valence-electron chi connectivity index (χ0n) is 18.1. The quantitative estimate of drug-likeness (QED) is 0.589. The second-order valence-electron chi connectivity index (χ2n) is 7.68. The lowest BCUT2D eigenvalue weighted by molar-refractivity contribution is -0.132. The van der Waals surface area contributed by atoms with Gasteiger partial charge in [-0.25, -0.2) is 13.1 Å². The Morgan fingerprint density at radius 2 is 1.56 bits per heavy atom. The Balaban J connectivity index is 1.47. The van der Waals surface area contributed by atoms with E-state index in [1.807, 2.05) is 23.1 Å². The molecule has 2 aromatic carbocycles. The highest BCUT2D eigenvalue weighted by Gasteiger charge is 2.25. The van der Waals surface area contributed by atoms with Crippen molar-refractivity contribution in [3.05, 3.63) is 78.4 Å². The minimum atomic E-state index is -3.62. The fourth-order valence-electron chi connectivity index (χ4n) is 3.62. The SMILES string of the molecule is C=CCNS(=O)(=O)c1ccc(C(=O)N2CCN(C(=O)CCCc3ccccc3)CC2)cc1. The molecule has 0 aliphatic carbocycles. The van der Waals surface area contributed by atoms with Crippen molar-refractivity contribution in [2.75, 3.05) is 32.7 Å². The summed E-state index contributed by atoms with van der Waals surface area (Å²) in [6.45, 7) is 5.57. The Kier molecular flexibility index (Phi) is 8.19. The molecule has 0 aromatic heterocycles. The monoisotopic (exact) mass is 455 g/mol. The molecule has 1 aliphatic heterocycles. The Bertz CT molecular complexity index is 1030. The molecule has 0 spiro atoms. The predicted octanol–water partition coefficient (Wildman–Crippen LogP) is 2.46. The third-order valence-corrected chi connectivity index (χ3v) is 6.89. The van der Waals surface area contributed by atoms with Crippen LogP contribution in [0.4, 0.5) is 0 Å². The zero-order valence-corrected chi connectivity index (χ0v) is 18.9. The van der Waals surface area contributed by atoms with E-state index in [9.17, 15) is 18.0 Å². The molecule has 0 bridgehead atoms. The maximum absolute atomic E-state index is 12.8. The molecular weight excluding hydrogens is 426 g/mol. The van der Waals surface area contributed by atoms with Gasteiger partial charge in [-0.05, 0) is 42.7 Å². The van der Waals surface area contributed by atoms with Gasteiger partial charge in [0.25, 0.3) is 5.91 Å². The lowest BCUT2D eigenvalue weighted by atomic mass is 10.1. The number of amides is 2. The number of nitrogens with zero attached hydrogens (tertiary/aromatic N) is 2. The number of sulfonamides is 1. The van der Waals surface area contributed by atoms with E-state index in [-0.39, 0.29) is 23.3 Å². The summed E-state index contributed by atoms with van der Waals surface area (Å²) in [7, 11) is -3.62. The molecule has 1 N–H and O–H groups in total. The van der Waals surface area contributed by atoms with Crippen LogP contribution in [0.25, 0.3) is 0 Å². The maximum Gasteiger partial charge on any atom is 0.253 e. The Hall–Kier alpha value is -2.97. The van der Waals surface area contributed by atoms with Crippen LogP contribution in [0.2, 0.25) is 0 Å². The molecule has 1 fully saturated rings. The van der Waals surface area contributed by atoms with Crippen molar-refractivity contribution in [2.45, 2.75) is 24.2 Å². The molecule has 0 atom stereocenters. The number of rotatable bonds is 9. The van der Waals surface area contributed by atoms with Crippen LogP contribution in [0.1, 0.15) is 28.8 Å². The number of carbonyl (C=O) groups is 2. The van der Waals surface area contributed by atoms with Crippen LogP contribution in [-0.2, 0) is 21.2 Å². The number of piperazine rings is 1. The van der Waals surface area contributed by atoms with Crippen molar-refractivity contribution in [1.29, 1.82) is 0 Å². The van der Waals surface area contributed by atoms with Gasteiger partial charge < -0.3 is 9.80 Å². The first-order valence-corrected chi connectivity index (χ1v) is 12.2. The van der Waals surface area contributed by atoms with Gasteiger partial charge in [0.05, 0.1) is 4.90 Å². The van der Waals surface area contributed by atoms with Gasteiger partial charge in [-0.3, -0.25) is 9.59 Å². The van der Waals surface area contributed by atoms with Crippen molar-refractivity contribution in [2.24, 2.45) is 0 Å². The van der Waals surface area contributed by atoms with Crippen LogP contribution in [0, 0.1) is 0 Å². The third kappa shape index (κ3) is 6.27. The van der Waals surface area contributed by atoms with E-state index < -0.39 is 10.0 Å². The summed E-state index contributed by atoms with van der Waals surface area (Å²) in [6.07, 6.45) is 3.64. The first-order chi connectivity index (χ1) is 15.4. The zero-order chi connectivity index (χ0) is 23.0. The predicted molar refractivity (Wildman–Crippen MR) is 124 cm³/mol. The summed E-state index contributed by atoms with van der Waals surface area (Å²) in [5.74, 6) is -0.0428. The molecule has 1 saturated heterocycles. The van der Waals surface area contributed by atoms with E-state index in [0.717, 1.165) is 12.8 Å². The number of carbonyl (C=O) groups excluding carboxylic acids is 2. The Morgan fingerprint density at radius 1 is 0.938 bits per heavy atom. The summed E-state index contributed by atoms with van der Waals surface area (Å²) in [5, 5.41) is 0. The van der Waals surface area contributed by atoms with E-state index in [2.05, 4.69) is 23.4 Å². The first kappa shape index (κ1) is 23.7. The van der Waals surface area contributed by atoms with Crippen LogP contribution >= 0.6 is 0 Å². The second-order valence-corrected chi connectivity index (χ2v) is 9.44. The van der Waals surface area contributed by atoms with Gasteiger partial charge in [-0.1, -0.05) is 36.4 Å². The third-order valence-electron chi connectivity index (χ3n) is 5.45. The highest BCUT2D eigenvalue weighted by molar-refractivity contribution is 7.89. The molecule has 32 heavy (non-hydrogen) atoms. The molecule has 7 nitrogen and oxygen atoms in total. The van der Waals surface area contributed by atoms with Gasteiger partial charge in [-0.15, -0.1) is 6.58 Å². The highest BCUT2D eigenvalue weighted by atomic mass is 32.2. The average Bonchev–Trinajstić information content (AvgIpc) is 2.83. The Labute approximate surface area is 189 Å². The van der Waals surface area contributed by atoms with Crippen LogP contribution in [0.15, 0.2) is 72.1 Å². The molecule has 1 aliphatic rings. The number of hydrogen-bond donors (Lipinski definition) is 1. The summed E-state index contributed by atoms with van der Waals surface area (Å²) in [4.78, 5) is 28.9. The van der Waals surface area contributed by atoms with Crippen LogP contribution in [-0.4, -0.2) is 62.8 Å². The van der Waals surface area contributed by atoms with Gasteiger partial charge in [0.2, 0.25) is 15.9 Å². The van der Waals surface area contributed by atoms with Gasteiger partial charge in [0, 0.05) is 44.7 Å². The van der Waals surface area contributed by atoms with Gasteiger partial charge in [0.15, 0.2) is 0 Å². The lowest BCUT2D eigenvalue weighted by Crippen LogP contribution is -2.50. The van der Waals surface area contributed by atoms with Gasteiger partial charge in [0.1, 0.15) is 0 Å². The summed E-state index contributed by atoms with van der Waals surface area (Å²) >= 11 is 0. The highest BCUT2D eigenvalue weighted by Crippen LogP contribution is 2.14. The fourth-order valence-corrected chi connectivity index (χ4v) is 4.61. The molecule has 0 unspecified atom stereocenters. The minimum absolute atomic E-state index is 0.0989. The number of aryl methyl sites for hydroxylation is 1. The van der Waals surface area contributed by atoms with Gasteiger partial charge in [-0.2, -0.15) is 0 Å². The maximum atomic E-state index is 12.8. The molecule has 1 heterocycles. The van der Waals surface area contributed by atoms with Crippen molar-refractivity contribution in [3.63, 3.8) is 0 Å². The summed E-state index contributed by atoms with van der Waals surface area (Å²) in [5.41, 5.74) is 1.65. The van der Waals surface area contributed by atoms with E-state index in [1.54, 1.807) is 4.90 Å². The van der Waals surface area contributed by atoms with E-state index in [4.69, 9.17) is 0 Å². The van der Waals surface area contributed by atoms with Crippen molar-refractivity contribution < 1.29 is 18.0 Å². The first-order valence-electron chi connectivity index (χ1n) is 10.7. The number of benzene rings is 2.